The SMILES string of the molecule is COc1c(NC(=O)c2ccc(N3CCNCC3)c3c[n+](-c4cc(C(=O)Nc5cc(F)c6nc(C)cn6c5)c5[nH]ccc5c4N4CCNCC4)[nH]c23)cn2cc(C)nc2c1F. The highest BCUT2D eigenvalue weighted by Gasteiger charge is 2.32. The zero-order valence-corrected chi connectivity index (χ0v) is 33.1. The van der Waals surface area contributed by atoms with Crippen LogP contribution in [0.15, 0.2) is 67.5 Å². The van der Waals surface area contributed by atoms with Gasteiger partial charge in [-0.25, -0.2) is 14.4 Å². The first-order valence-corrected chi connectivity index (χ1v) is 19.8. The van der Waals surface area contributed by atoms with E-state index in [0.717, 1.165) is 61.4 Å². The number of aromatic nitrogens is 7. The lowest BCUT2D eigenvalue weighted by Gasteiger charge is -2.30. The second kappa shape index (κ2) is 14.6. The summed E-state index contributed by atoms with van der Waals surface area (Å²) in [5.74, 6) is -2.32. The quantitative estimate of drug-likeness (QED) is 0.122. The Labute approximate surface area is 341 Å². The zero-order chi connectivity index (χ0) is 41.2. The molecule has 0 bridgehead atoms. The van der Waals surface area contributed by atoms with Crippen molar-refractivity contribution < 1.29 is 27.8 Å². The second-order valence-electron chi connectivity index (χ2n) is 15.2. The third kappa shape index (κ3) is 6.31. The van der Waals surface area contributed by atoms with E-state index in [-0.39, 0.29) is 28.4 Å². The van der Waals surface area contributed by atoms with Gasteiger partial charge in [0.25, 0.3) is 17.5 Å². The van der Waals surface area contributed by atoms with Crippen molar-refractivity contribution in [1.82, 2.24) is 39.5 Å². The Morgan fingerprint density at radius 3 is 2.20 bits per heavy atom. The van der Waals surface area contributed by atoms with Crippen molar-refractivity contribution in [2.75, 3.05) is 79.9 Å². The van der Waals surface area contributed by atoms with Crippen LogP contribution in [0.3, 0.4) is 0 Å². The lowest BCUT2D eigenvalue weighted by molar-refractivity contribution is -0.652. The van der Waals surface area contributed by atoms with Crippen LogP contribution in [-0.4, -0.2) is 100 Å². The van der Waals surface area contributed by atoms with Gasteiger partial charge in [-0.3, -0.25) is 9.59 Å². The van der Waals surface area contributed by atoms with Crippen LogP contribution in [0.1, 0.15) is 32.1 Å². The molecule has 6 N–H and O–H groups in total. The number of imidazole rings is 2. The number of carbonyl (C=O) groups is 2. The van der Waals surface area contributed by atoms with E-state index in [9.17, 15) is 9.59 Å². The van der Waals surface area contributed by atoms with Crippen LogP contribution in [0.25, 0.3) is 38.8 Å². The van der Waals surface area contributed by atoms with E-state index >= 15 is 8.78 Å². The van der Waals surface area contributed by atoms with Gasteiger partial charge in [0.05, 0.1) is 51.9 Å². The molecular formula is C42H42F2N13O3+. The molecule has 18 heteroatoms. The van der Waals surface area contributed by atoms with Crippen LogP contribution < -0.4 is 40.5 Å². The molecule has 2 aromatic carbocycles. The Morgan fingerprint density at radius 1 is 0.783 bits per heavy atom. The molecule has 2 saturated heterocycles. The summed E-state index contributed by atoms with van der Waals surface area (Å²) in [5, 5.41) is 17.8. The average molecular weight is 815 g/mol. The lowest BCUT2D eigenvalue weighted by Crippen LogP contribution is -2.45. The van der Waals surface area contributed by atoms with Gasteiger partial charge in [0.15, 0.2) is 22.9 Å². The van der Waals surface area contributed by atoms with Gasteiger partial charge in [-0.2, -0.15) is 9.49 Å². The van der Waals surface area contributed by atoms with Crippen LogP contribution in [-0.2, 0) is 0 Å². The van der Waals surface area contributed by atoms with Gasteiger partial charge in [-0.05, 0) is 32.0 Å². The van der Waals surface area contributed by atoms with Gasteiger partial charge < -0.3 is 49.6 Å². The van der Waals surface area contributed by atoms with Crippen molar-refractivity contribution in [3.63, 3.8) is 0 Å². The predicted octanol–water partition coefficient (Wildman–Crippen LogP) is 4.45. The summed E-state index contributed by atoms with van der Waals surface area (Å²) in [6.07, 6.45) is 10.3. The number of hydrogen-bond acceptors (Lipinski definition) is 9. The topological polar surface area (TPSA) is 168 Å². The summed E-state index contributed by atoms with van der Waals surface area (Å²) >= 11 is 0. The van der Waals surface area contributed by atoms with E-state index < -0.39 is 23.4 Å². The fraction of sp³-hybridized carbons (Fsp3) is 0.262. The maximum Gasteiger partial charge on any atom is 0.260 e. The monoisotopic (exact) mass is 814 g/mol. The number of carbonyl (C=O) groups excluding carboxylic acids is 2. The van der Waals surface area contributed by atoms with E-state index in [0.29, 0.717) is 52.3 Å². The number of pyridine rings is 2. The molecule has 306 valence electrons. The number of fused-ring (bicyclic) bond motifs is 4. The largest absolute Gasteiger partial charge is 0.491 e. The number of amides is 2. The number of halogens is 2. The van der Waals surface area contributed by atoms with Crippen LogP contribution in [0.5, 0.6) is 5.75 Å². The Kier molecular flexibility index (Phi) is 9.09. The number of rotatable bonds is 8. The first-order chi connectivity index (χ1) is 29.1. The van der Waals surface area contributed by atoms with Crippen LogP contribution in [0, 0.1) is 25.5 Å². The summed E-state index contributed by atoms with van der Waals surface area (Å²) in [6.45, 7) is 9.58. The summed E-state index contributed by atoms with van der Waals surface area (Å²) < 4.78 is 41.1. The van der Waals surface area contributed by atoms with E-state index in [1.807, 2.05) is 29.1 Å². The van der Waals surface area contributed by atoms with Gasteiger partial charge in [0.2, 0.25) is 12.0 Å². The molecule has 10 rings (SSSR count). The van der Waals surface area contributed by atoms with Crippen molar-refractivity contribution >= 4 is 67.7 Å². The number of aromatic amines is 2. The van der Waals surface area contributed by atoms with Crippen molar-refractivity contribution in [3.8, 4) is 11.4 Å². The summed E-state index contributed by atoms with van der Waals surface area (Å²) in [4.78, 5) is 45.1. The molecule has 0 aliphatic carbocycles. The Bertz CT molecular complexity index is 3010. The fourth-order valence-electron chi connectivity index (χ4n) is 8.55. The van der Waals surface area contributed by atoms with Crippen LogP contribution in [0.4, 0.5) is 31.5 Å². The average Bonchev–Trinajstić information content (AvgIpc) is 4.06. The molecule has 0 saturated carbocycles. The Balaban J connectivity index is 1.12. The zero-order valence-electron chi connectivity index (χ0n) is 33.1. The number of benzene rings is 2. The highest BCUT2D eigenvalue weighted by atomic mass is 19.1. The molecule has 0 spiro atoms. The number of hydrogen-bond donors (Lipinski definition) is 6. The highest BCUT2D eigenvalue weighted by Crippen LogP contribution is 2.37. The van der Waals surface area contributed by atoms with Crippen molar-refractivity contribution in [1.29, 1.82) is 0 Å². The lowest BCUT2D eigenvalue weighted by atomic mass is 10.0. The molecule has 2 aliphatic rings. The number of H-pyrrole nitrogens is 2. The molecule has 2 aliphatic heterocycles. The molecule has 6 aromatic heterocycles. The third-order valence-corrected chi connectivity index (χ3v) is 11.2. The van der Waals surface area contributed by atoms with Gasteiger partial charge in [0, 0.05) is 101 Å². The van der Waals surface area contributed by atoms with Crippen molar-refractivity contribution in [2.24, 2.45) is 0 Å². The molecule has 8 aromatic rings. The number of methoxy groups -OCH3 is 1. The summed E-state index contributed by atoms with van der Waals surface area (Å²) in [6, 6.07) is 8.73. The predicted molar refractivity (Wildman–Crippen MR) is 224 cm³/mol. The minimum atomic E-state index is -0.691. The minimum absolute atomic E-state index is 0.0878. The van der Waals surface area contributed by atoms with Crippen molar-refractivity contribution in [3.05, 3.63) is 102 Å². The standard InChI is InChI=1S/C42H41F2N13O3/c1-23-18-55-20-25(16-30(43)39(55)48-23)50-42(59)28-17-33(37(26-6-7-47-35(26)28)54-14-10-46-11-15-54)57-21-29-32(53-12-8-45-9-13-53)5-4-27(36(29)52-57)41(58)51-31-22-56-19-24(2)49-40(56)34(44)38(31)60-3/h4-7,16-22,45-46H,8-15H2,1-3H3,(H3,47,50,51,58,59)/p+1. The summed E-state index contributed by atoms with van der Waals surface area (Å²) in [5.41, 5.74) is 6.20. The molecule has 0 atom stereocenters. The van der Waals surface area contributed by atoms with Crippen LogP contribution in [0.2, 0.25) is 0 Å². The molecule has 2 fully saturated rings. The van der Waals surface area contributed by atoms with E-state index in [1.165, 1.54) is 17.6 Å². The first kappa shape index (κ1) is 37.2. The molecule has 0 radical (unpaired) electrons. The van der Waals surface area contributed by atoms with Gasteiger partial charge in [0.1, 0.15) is 16.9 Å². The molecule has 60 heavy (non-hydrogen) atoms. The number of nitrogens with zero attached hydrogens (tertiary/aromatic N) is 7. The van der Waals surface area contributed by atoms with Gasteiger partial charge in [-0.15, -0.1) is 0 Å². The number of ether oxygens (including phenoxy) is 1. The normalized spacial score (nSPS) is 14.8. The van der Waals surface area contributed by atoms with Crippen LogP contribution >= 0.6 is 0 Å². The van der Waals surface area contributed by atoms with E-state index in [4.69, 9.17) is 4.74 Å². The molecule has 2 amide bonds. The Hall–Kier alpha value is -7.05. The highest BCUT2D eigenvalue weighted by molar-refractivity contribution is 6.16. The van der Waals surface area contributed by atoms with Crippen molar-refractivity contribution in [2.45, 2.75) is 13.8 Å². The second-order valence-corrected chi connectivity index (χ2v) is 15.2. The number of aryl methyl sites for hydroxylation is 2. The number of nitrogens with one attached hydrogen (secondary N) is 6. The fourth-order valence-corrected chi connectivity index (χ4v) is 8.55. The number of anilines is 4. The maximum atomic E-state index is 15.6. The minimum Gasteiger partial charge on any atom is -0.491 e. The van der Waals surface area contributed by atoms with E-state index in [1.54, 1.807) is 55.3 Å². The van der Waals surface area contributed by atoms with Gasteiger partial charge >= 0.3 is 0 Å². The van der Waals surface area contributed by atoms with Gasteiger partial charge in [-0.1, -0.05) is 4.68 Å². The van der Waals surface area contributed by atoms with E-state index in [2.05, 4.69) is 51.1 Å². The first-order valence-electron chi connectivity index (χ1n) is 19.8. The molecule has 0 unspecified atom stereocenters. The molecule has 8 heterocycles. The smallest absolute Gasteiger partial charge is 0.260 e. The Morgan fingerprint density at radius 2 is 1.47 bits per heavy atom. The maximum absolute atomic E-state index is 15.6. The summed E-state index contributed by atoms with van der Waals surface area (Å²) in [7, 11) is 1.35. The number of piperazine rings is 2. The molecular weight excluding hydrogens is 773 g/mol. The third-order valence-electron chi connectivity index (χ3n) is 11.2. The molecule has 16 nitrogen and oxygen atoms in total.